The van der Waals surface area contributed by atoms with Gasteiger partial charge in [-0.25, -0.2) is 0 Å². The van der Waals surface area contributed by atoms with Gasteiger partial charge in [0, 0.05) is 23.3 Å². The number of pyridine rings is 1. The summed E-state index contributed by atoms with van der Waals surface area (Å²) in [5.41, 5.74) is 1.24. The van der Waals surface area contributed by atoms with Gasteiger partial charge >= 0.3 is 0 Å². The molecular formula is C15H15BrN2O. The largest absolute Gasteiger partial charge is 0.456 e. The van der Waals surface area contributed by atoms with Gasteiger partial charge in [-0.3, -0.25) is 4.98 Å². The van der Waals surface area contributed by atoms with Crippen molar-refractivity contribution in [2.75, 3.05) is 0 Å². The quantitative estimate of drug-likeness (QED) is 0.908. The summed E-state index contributed by atoms with van der Waals surface area (Å²) in [6.45, 7) is 0.901. The maximum Gasteiger partial charge on any atom is 0.146 e. The second-order valence-corrected chi connectivity index (χ2v) is 5.66. The Morgan fingerprint density at radius 3 is 2.89 bits per heavy atom. The molecule has 0 bridgehead atoms. The lowest BCUT2D eigenvalue weighted by Crippen LogP contribution is -2.15. The molecule has 3 rings (SSSR count). The molecule has 0 unspecified atom stereocenters. The molecule has 4 heteroatoms. The van der Waals surface area contributed by atoms with Crippen LogP contribution in [0, 0.1) is 0 Å². The molecule has 3 nitrogen and oxygen atoms in total. The van der Waals surface area contributed by atoms with E-state index in [9.17, 15) is 0 Å². The summed E-state index contributed by atoms with van der Waals surface area (Å²) in [7, 11) is 0. The summed E-state index contributed by atoms with van der Waals surface area (Å²) in [6, 6.07) is 10.8. The highest BCUT2D eigenvalue weighted by Gasteiger charge is 2.19. The molecule has 1 heterocycles. The van der Waals surface area contributed by atoms with Crippen molar-refractivity contribution in [2.24, 2.45) is 0 Å². The number of hydrogen-bond acceptors (Lipinski definition) is 3. The van der Waals surface area contributed by atoms with E-state index in [1.54, 1.807) is 12.4 Å². The SMILES string of the molecule is Brc1cncc(Oc2cccc(CNC3CC3)c2)c1. The number of nitrogens with zero attached hydrogens (tertiary/aromatic N) is 1. The molecule has 98 valence electrons. The molecule has 1 aliphatic carbocycles. The third-order valence-corrected chi connectivity index (χ3v) is 3.42. The van der Waals surface area contributed by atoms with E-state index in [0.717, 1.165) is 28.6 Å². The van der Waals surface area contributed by atoms with Crippen LogP contribution in [0.25, 0.3) is 0 Å². The molecule has 0 saturated heterocycles. The van der Waals surface area contributed by atoms with Gasteiger partial charge in [0.15, 0.2) is 0 Å². The van der Waals surface area contributed by atoms with Gasteiger partial charge < -0.3 is 10.1 Å². The van der Waals surface area contributed by atoms with Crippen molar-refractivity contribution in [3.05, 3.63) is 52.8 Å². The van der Waals surface area contributed by atoms with Crippen LogP contribution in [0.4, 0.5) is 0 Å². The van der Waals surface area contributed by atoms with E-state index < -0.39 is 0 Å². The molecule has 1 fully saturated rings. The Morgan fingerprint density at radius 1 is 1.21 bits per heavy atom. The zero-order chi connectivity index (χ0) is 13.1. The predicted molar refractivity (Wildman–Crippen MR) is 78.3 cm³/mol. The molecule has 0 spiro atoms. The number of nitrogens with one attached hydrogen (secondary N) is 1. The second kappa shape index (κ2) is 5.72. The van der Waals surface area contributed by atoms with Gasteiger partial charge in [-0.15, -0.1) is 0 Å². The molecule has 0 aliphatic heterocycles. The van der Waals surface area contributed by atoms with Gasteiger partial charge in [0.05, 0.1) is 6.20 Å². The van der Waals surface area contributed by atoms with Crippen molar-refractivity contribution in [1.29, 1.82) is 0 Å². The lowest BCUT2D eigenvalue weighted by Gasteiger charge is -2.08. The van der Waals surface area contributed by atoms with Crippen LogP contribution in [0.5, 0.6) is 11.5 Å². The van der Waals surface area contributed by atoms with E-state index in [1.165, 1.54) is 18.4 Å². The van der Waals surface area contributed by atoms with Crippen molar-refractivity contribution in [3.8, 4) is 11.5 Å². The molecule has 0 radical (unpaired) electrons. The first-order valence-corrected chi connectivity index (χ1v) is 7.19. The Balaban J connectivity index is 1.67. The molecule has 1 saturated carbocycles. The molecule has 1 aromatic heterocycles. The van der Waals surface area contributed by atoms with Crippen molar-refractivity contribution < 1.29 is 4.74 Å². The maximum absolute atomic E-state index is 5.80. The standard InChI is InChI=1S/C15H15BrN2O/c16-12-7-15(10-17-9-12)19-14-3-1-2-11(6-14)8-18-13-4-5-13/h1-3,6-7,9-10,13,18H,4-5,8H2. The van der Waals surface area contributed by atoms with E-state index in [-0.39, 0.29) is 0 Å². The van der Waals surface area contributed by atoms with Gasteiger partial charge in [-0.05, 0) is 52.5 Å². The second-order valence-electron chi connectivity index (χ2n) is 4.74. The summed E-state index contributed by atoms with van der Waals surface area (Å²) in [5.74, 6) is 1.58. The van der Waals surface area contributed by atoms with Crippen LogP contribution in [0.15, 0.2) is 47.2 Å². The average Bonchev–Trinajstić information content (AvgIpc) is 3.21. The van der Waals surface area contributed by atoms with Gasteiger partial charge in [-0.1, -0.05) is 12.1 Å². The molecule has 0 amide bonds. The summed E-state index contributed by atoms with van der Waals surface area (Å²) in [6.07, 6.45) is 6.06. The first kappa shape index (κ1) is 12.6. The highest BCUT2D eigenvalue weighted by molar-refractivity contribution is 9.10. The molecule has 1 aromatic carbocycles. The van der Waals surface area contributed by atoms with Gasteiger partial charge in [0.1, 0.15) is 11.5 Å². The lowest BCUT2D eigenvalue weighted by atomic mass is 10.2. The Hall–Kier alpha value is -1.39. The number of halogens is 1. The third-order valence-electron chi connectivity index (χ3n) is 2.99. The highest BCUT2D eigenvalue weighted by atomic mass is 79.9. The van der Waals surface area contributed by atoms with E-state index in [4.69, 9.17) is 4.74 Å². The minimum atomic E-state index is 0.721. The topological polar surface area (TPSA) is 34.1 Å². The number of benzene rings is 1. The number of aromatic nitrogens is 1. The number of ether oxygens (including phenoxy) is 1. The molecular weight excluding hydrogens is 304 g/mol. The third kappa shape index (κ3) is 3.78. The highest BCUT2D eigenvalue weighted by Crippen LogP contribution is 2.24. The summed E-state index contributed by atoms with van der Waals surface area (Å²) in [5, 5.41) is 3.50. The van der Waals surface area contributed by atoms with Crippen LogP contribution >= 0.6 is 15.9 Å². The van der Waals surface area contributed by atoms with Crippen molar-refractivity contribution >= 4 is 15.9 Å². The zero-order valence-electron chi connectivity index (χ0n) is 10.5. The van der Waals surface area contributed by atoms with Crippen LogP contribution in [-0.4, -0.2) is 11.0 Å². The molecule has 1 N–H and O–H groups in total. The Bertz CT molecular complexity index is 570. The van der Waals surface area contributed by atoms with Gasteiger partial charge in [0.2, 0.25) is 0 Å². The maximum atomic E-state index is 5.80. The zero-order valence-corrected chi connectivity index (χ0v) is 12.1. The Morgan fingerprint density at radius 2 is 2.11 bits per heavy atom. The van der Waals surface area contributed by atoms with Crippen LogP contribution in [0.1, 0.15) is 18.4 Å². The average molecular weight is 319 g/mol. The summed E-state index contributed by atoms with van der Waals surface area (Å²) >= 11 is 3.39. The van der Waals surface area contributed by atoms with Crippen LogP contribution in [0.3, 0.4) is 0 Å². The van der Waals surface area contributed by atoms with Crippen molar-refractivity contribution in [3.63, 3.8) is 0 Å². The molecule has 19 heavy (non-hydrogen) atoms. The minimum absolute atomic E-state index is 0.721. The van der Waals surface area contributed by atoms with Crippen molar-refractivity contribution in [2.45, 2.75) is 25.4 Å². The van der Waals surface area contributed by atoms with E-state index in [0.29, 0.717) is 0 Å². The Kier molecular flexibility index (Phi) is 3.80. The monoisotopic (exact) mass is 318 g/mol. The van der Waals surface area contributed by atoms with Crippen molar-refractivity contribution in [1.82, 2.24) is 10.3 Å². The van der Waals surface area contributed by atoms with Crippen LogP contribution in [0.2, 0.25) is 0 Å². The Labute approximate surface area is 121 Å². The summed E-state index contributed by atoms with van der Waals surface area (Å²) in [4.78, 5) is 4.09. The van der Waals surface area contributed by atoms with E-state index >= 15 is 0 Å². The predicted octanol–water partition coefficient (Wildman–Crippen LogP) is 3.89. The number of hydrogen-bond donors (Lipinski definition) is 1. The fourth-order valence-corrected chi connectivity index (χ4v) is 2.20. The van der Waals surface area contributed by atoms with Gasteiger partial charge in [-0.2, -0.15) is 0 Å². The van der Waals surface area contributed by atoms with Crippen LogP contribution < -0.4 is 10.1 Å². The smallest absolute Gasteiger partial charge is 0.146 e. The van der Waals surface area contributed by atoms with E-state index in [1.807, 2.05) is 18.2 Å². The lowest BCUT2D eigenvalue weighted by molar-refractivity contribution is 0.478. The molecule has 0 atom stereocenters. The first-order valence-electron chi connectivity index (χ1n) is 6.40. The number of rotatable bonds is 5. The fraction of sp³-hybridized carbons (Fsp3) is 0.267. The molecule has 2 aromatic rings. The molecule has 1 aliphatic rings. The van der Waals surface area contributed by atoms with Gasteiger partial charge in [0.25, 0.3) is 0 Å². The first-order chi connectivity index (χ1) is 9.29. The summed E-state index contributed by atoms with van der Waals surface area (Å²) < 4.78 is 6.72. The van der Waals surface area contributed by atoms with E-state index in [2.05, 4.69) is 38.4 Å². The normalized spacial score (nSPS) is 14.4. The van der Waals surface area contributed by atoms with Crippen LogP contribution in [-0.2, 0) is 6.54 Å². The minimum Gasteiger partial charge on any atom is -0.456 e. The fourth-order valence-electron chi connectivity index (χ4n) is 1.85.